The summed E-state index contributed by atoms with van der Waals surface area (Å²) in [6.07, 6.45) is 0.268. The van der Waals surface area contributed by atoms with Crippen LogP contribution in [0.1, 0.15) is 29.8 Å². The first-order valence-electron chi connectivity index (χ1n) is 10.2. The lowest BCUT2D eigenvalue weighted by Crippen LogP contribution is -2.35. The van der Waals surface area contributed by atoms with Crippen molar-refractivity contribution in [3.8, 4) is 0 Å². The Morgan fingerprint density at radius 3 is 2.84 bits per heavy atom. The maximum absolute atomic E-state index is 11.0. The predicted molar refractivity (Wildman–Crippen MR) is 114 cm³/mol. The molecular weight excluding hydrogens is 438 g/mol. The van der Waals surface area contributed by atoms with E-state index in [9.17, 15) is 18.6 Å². The molecule has 1 aliphatic heterocycles. The summed E-state index contributed by atoms with van der Waals surface area (Å²) in [7, 11) is -4.21. The molecule has 5 rings (SSSR count). The average molecular weight is 462 g/mol. The molecule has 2 aliphatic rings. The summed E-state index contributed by atoms with van der Waals surface area (Å²) in [6, 6.07) is 10.2. The second-order valence-corrected chi connectivity index (χ2v) is 9.16. The summed E-state index contributed by atoms with van der Waals surface area (Å²) in [6.45, 7) is -0.518. The molecular formula is C20H23N5O6S. The fraction of sp³-hybridized carbons (Fsp3) is 0.400. The van der Waals surface area contributed by atoms with Crippen molar-refractivity contribution in [3.05, 3.63) is 54.0 Å². The molecule has 11 nitrogen and oxygen atoms in total. The van der Waals surface area contributed by atoms with Gasteiger partial charge in [0.15, 0.2) is 6.23 Å². The van der Waals surface area contributed by atoms with Gasteiger partial charge in [-0.25, -0.2) is 15.1 Å². The molecule has 0 bridgehead atoms. The smallest absolute Gasteiger partial charge is 0.333 e. The molecule has 0 amide bonds. The minimum absolute atomic E-state index is 0.127. The third-order valence-corrected chi connectivity index (χ3v) is 6.43. The van der Waals surface area contributed by atoms with Gasteiger partial charge >= 0.3 is 10.3 Å². The lowest BCUT2D eigenvalue weighted by molar-refractivity contribution is -0.0464. The van der Waals surface area contributed by atoms with Gasteiger partial charge in [0.1, 0.15) is 36.1 Å². The molecule has 170 valence electrons. The number of ether oxygens (including phenoxy) is 1. The van der Waals surface area contributed by atoms with Crippen LogP contribution in [0.4, 0.5) is 5.82 Å². The van der Waals surface area contributed by atoms with Gasteiger partial charge in [-0.15, -0.1) is 0 Å². The fourth-order valence-corrected chi connectivity index (χ4v) is 4.75. The van der Waals surface area contributed by atoms with Gasteiger partial charge in [0, 0.05) is 6.20 Å². The molecule has 1 aliphatic carbocycles. The quantitative estimate of drug-likeness (QED) is 0.406. The Hall–Kier alpha value is -2.61. The highest BCUT2D eigenvalue weighted by Crippen LogP contribution is 2.36. The lowest BCUT2D eigenvalue weighted by Gasteiger charge is -2.18. The molecule has 0 spiro atoms. The zero-order chi connectivity index (χ0) is 22.5. The standard InChI is InChI=1S/C20H23N5O6S/c21-32(28,29)30-9-15-16(26)17(27)20(31-15)25-8-7-13-18(22-10-23-19(13)25)24-14-6-5-11-3-1-2-4-12(11)14/h1-4,7-8,10,14-17,20,26-27H,5-6,9H2,(H2,21,28,29)(H,22,23,24)/t14-,15-,16+,17+,20+/m0/s1. The normalized spacial score (nSPS) is 27.7. The highest BCUT2D eigenvalue weighted by Gasteiger charge is 2.44. The molecule has 1 saturated heterocycles. The van der Waals surface area contributed by atoms with Gasteiger partial charge in [0.05, 0.1) is 18.0 Å². The van der Waals surface area contributed by atoms with Crippen LogP contribution in [0.5, 0.6) is 0 Å². The maximum atomic E-state index is 11.0. The number of anilines is 1. The van der Waals surface area contributed by atoms with Crippen molar-refractivity contribution in [1.29, 1.82) is 0 Å². The van der Waals surface area contributed by atoms with Crippen LogP contribution in [0, 0.1) is 0 Å². The van der Waals surface area contributed by atoms with Gasteiger partial charge in [0.2, 0.25) is 0 Å². The second kappa shape index (κ2) is 8.06. The van der Waals surface area contributed by atoms with Gasteiger partial charge in [-0.3, -0.25) is 4.18 Å². The minimum Gasteiger partial charge on any atom is -0.387 e. The highest BCUT2D eigenvalue weighted by atomic mass is 32.2. The zero-order valence-corrected chi connectivity index (χ0v) is 17.7. The van der Waals surface area contributed by atoms with E-state index in [1.807, 2.05) is 12.1 Å². The van der Waals surface area contributed by atoms with Crippen molar-refractivity contribution < 1.29 is 27.6 Å². The van der Waals surface area contributed by atoms with Crippen LogP contribution >= 0.6 is 0 Å². The molecule has 5 atom stereocenters. The number of rotatable bonds is 6. The number of fused-ring (bicyclic) bond motifs is 2. The molecule has 1 fully saturated rings. The van der Waals surface area contributed by atoms with E-state index in [-0.39, 0.29) is 6.04 Å². The average Bonchev–Trinajstić information content (AvgIpc) is 3.44. The van der Waals surface area contributed by atoms with Gasteiger partial charge in [-0.2, -0.15) is 8.42 Å². The van der Waals surface area contributed by atoms with Crippen molar-refractivity contribution in [2.45, 2.75) is 43.4 Å². The Morgan fingerprint density at radius 2 is 2.03 bits per heavy atom. The number of nitrogens with two attached hydrogens (primary N) is 1. The Morgan fingerprint density at radius 1 is 1.22 bits per heavy atom. The molecule has 3 heterocycles. The molecule has 1 aromatic carbocycles. The van der Waals surface area contributed by atoms with Crippen LogP contribution in [-0.4, -0.2) is 58.1 Å². The maximum Gasteiger partial charge on any atom is 0.333 e. The molecule has 5 N–H and O–H groups in total. The fourth-order valence-electron chi connectivity index (χ4n) is 4.42. The van der Waals surface area contributed by atoms with E-state index in [4.69, 9.17) is 9.88 Å². The molecule has 0 saturated carbocycles. The van der Waals surface area contributed by atoms with E-state index >= 15 is 0 Å². The Kier molecular flexibility index (Phi) is 5.35. The molecule has 3 aromatic rings. The predicted octanol–water partition coefficient (Wildman–Crippen LogP) is 0.370. The summed E-state index contributed by atoms with van der Waals surface area (Å²) in [5.41, 5.74) is 3.06. The van der Waals surface area contributed by atoms with E-state index in [2.05, 4.69) is 31.6 Å². The molecule has 32 heavy (non-hydrogen) atoms. The van der Waals surface area contributed by atoms with E-state index < -0.39 is 41.5 Å². The Bertz CT molecular complexity index is 1250. The van der Waals surface area contributed by atoms with Gasteiger partial charge in [-0.05, 0) is 30.0 Å². The third kappa shape index (κ3) is 3.85. The van der Waals surface area contributed by atoms with Crippen molar-refractivity contribution in [1.82, 2.24) is 14.5 Å². The molecule has 0 radical (unpaired) electrons. The summed E-state index contributed by atoms with van der Waals surface area (Å²) >= 11 is 0. The van der Waals surface area contributed by atoms with Gasteiger partial charge in [-0.1, -0.05) is 24.3 Å². The second-order valence-electron chi connectivity index (χ2n) is 7.94. The topological polar surface area (TPSA) is 162 Å². The number of hydrogen-bond acceptors (Lipinski definition) is 9. The lowest BCUT2D eigenvalue weighted by atomic mass is 10.1. The van der Waals surface area contributed by atoms with Crippen molar-refractivity contribution in [3.63, 3.8) is 0 Å². The third-order valence-electron chi connectivity index (χ3n) is 5.96. The summed E-state index contributed by atoms with van der Waals surface area (Å²) in [5.74, 6) is 0.651. The number of aryl methyl sites for hydroxylation is 1. The highest BCUT2D eigenvalue weighted by molar-refractivity contribution is 7.84. The van der Waals surface area contributed by atoms with E-state index in [0.29, 0.717) is 11.5 Å². The van der Waals surface area contributed by atoms with Crippen LogP contribution < -0.4 is 10.5 Å². The van der Waals surface area contributed by atoms with Crippen molar-refractivity contribution >= 4 is 27.2 Å². The zero-order valence-electron chi connectivity index (χ0n) is 16.9. The van der Waals surface area contributed by atoms with Gasteiger partial charge < -0.3 is 24.8 Å². The van der Waals surface area contributed by atoms with Crippen LogP contribution in [0.25, 0.3) is 11.0 Å². The number of benzene rings is 1. The van der Waals surface area contributed by atoms with E-state index in [0.717, 1.165) is 18.2 Å². The summed E-state index contributed by atoms with van der Waals surface area (Å²) < 4.78 is 33.9. The molecule has 12 heteroatoms. The number of aromatic nitrogens is 3. The molecule has 0 unspecified atom stereocenters. The number of aliphatic hydroxyl groups is 2. The van der Waals surface area contributed by atoms with Crippen LogP contribution in [-0.2, 0) is 25.6 Å². The van der Waals surface area contributed by atoms with Crippen LogP contribution in [0.3, 0.4) is 0 Å². The van der Waals surface area contributed by atoms with Gasteiger partial charge in [0.25, 0.3) is 0 Å². The Labute approximate surface area is 184 Å². The largest absolute Gasteiger partial charge is 0.387 e. The van der Waals surface area contributed by atoms with Crippen LogP contribution in [0.15, 0.2) is 42.9 Å². The minimum atomic E-state index is -4.21. The number of aliphatic hydroxyl groups excluding tert-OH is 2. The first-order valence-corrected chi connectivity index (χ1v) is 11.6. The van der Waals surface area contributed by atoms with Crippen LogP contribution in [0.2, 0.25) is 0 Å². The summed E-state index contributed by atoms with van der Waals surface area (Å²) in [4.78, 5) is 8.73. The number of hydrogen-bond donors (Lipinski definition) is 4. The first-order chi connectivity index (χ1) is 15.3. The van der Waals surface area contributed by atoms with E-state index in [1.54, 1.807) is 16.8 Å². The Balaban J connectivity index is 1.40. The van der Waals surface area contributed by atoms with E-state index in [1.165, 1.54) is 17.5 Å². The monoisotopic (exact) mass is 461 g/mol. The summed E-state index contributed by atoms with van der Waals surface area (Å²) in [5, 5.41) is 29.8. The van der Waals surface area contributed by atoms with Crippen molar-refractivity contribution in [2.24, 2.45) is 5.14 Å². The SMILES string of the molecule is NS(=O)(=O)OC[C@@H]1O[C@@H](n2ccc3c(N[C@H]4CCc5ccccc54)ncnc32)[C@H](O)[C@@H]1O. The first kappa shape index (κ1) is 21.2. The number of nitrogens with one attached hydrogen (secondary N) is 1. The number of nitrogens with zero attached hydrogens (tertiary/aromatic N) is 3. The van der Waals surface area contributed by atoms with Crippen molar-refractivity contribution in [2.75, 3.05) is 11.9 Å². The molecule has 2 aromatic heterocycles.